The first-order valence-corrected chi connectivity index (χ1v) is 12.8. The van der Waals surface area contributed by atoms with Gasteiger partial charge < -0.3 is 4.74 Å². The number of aromatic nitrogens is 2. The summed E-state index contributed by atoms with van der Waals surface area (Å²) >= 11 is 3.04. The lowest BCUT2D eigenvalue weighted by atomic mass is 10.1. The molecule has 0 amide bonds. The highest BCUT2D eigenvalue weighted by molar-refractivity contribution is 8.37. The number of nitrogens with zero attached hydrogens (tertiary/aromatic N) is 3. The Kier molecular flexibility index (Phi) is 9.11. The first kappa shape index (κ1) is 25.7. The summed E-state index contributed by atoms with van der Waals surface area (Å²) in [6.45, 7) is 14.0. The molecule has 2 aliphatic heterocycles. The van der Waals surface area contributed by atoms with Crippen molar-refractivity contribution in [2.24, 2.45) is 0 Å². The van der Waals surface area contributed by atoms with Crippen molar-refractivity contribution in [3.63, 3.8) is 0 Å². The zero-order valence-corrected chi connectivity index (χ0v) is 21.4. The number of carbonyl (C=O) groups excluding carboxylic acids is 1. The molecule has 2 aliphatic rings. The van der Waals surface area contributed by atoms with E-state index in [-0.39, 0.29) is 12.2 Å². The molecule has 5 rings (SSSR count). The van der Waals surface area contributed by atoms with Gasteiger partial charge in [0.15, 0.2) is 18.0 Å². The van der Waals surface area contributed by atoms with E-state index in [1.165, 1.54) is 45.3 Å². The zero-order valence-electron chi connectivity index (χ0n) is 19.8. The van der Waals surface area contributed by atoms with Gasteiger partial charge in [0.25, 0.3) is 11.0 Å². The van der Waals surface area contributed by atoms with Crippen molar-refractivity contribution in [3.05, 3.63) is 58.6 Å². The Morgan fingerprint density at radius 2 is 1.41 bits per heavy atom. The van der Waals surface area contributed by atoms with Gasteiger partial charge in [0.05, 0.1) is 45.1 Å². The van der Waals surface area contributed by atoms with Gasteiger partial charge in [0.1, 0.15) is 6.07 Å². The number of carbonyl (C=O) groups is 1. The topological polar surface area (TPSA) is 57.9 Å². The number of pyridine rings is 2. The van der Waals surface area contributed by atoms with Gasteiger partial charge in [-0.25, -0.2) is 4.79 Å². The van der Waals surface area contributed by atoms with Crippen LogP contribution in [-0.4, -0.2) is 12.6 Å². The van der Waals surface area contributed by atoms with Gasteiger partial charge >= 0.3 is 10.3 Å². The Morgan fingerprint density at radius 1 is 0.938 bits per heavy atom. The maximum Gasteiger partial charge on any atom is 0.472 e. The van der Waals surface area contributed by atoms with Crippen LogP contribution >= 0.6 is 23.5 Å². The van der Waals surface area contributed by atoms with E-state index < -0.39 is 10.3 Å². The predicted molar refractivity (Wildman–Crippen MR) is 134 cm³/mol. The smallest absolute Gasteiger partial charge is 0.462 e. The van der Waals surface area contributed by atoms with Crippen molar-refractivity contribution in [1.82, 2.24) is 0 Å². The van der Waals surface area contributed by atoms with Crippen molar-refractivity contribution in [2.45, 2.75) is 52.8 Å². The Morgan fingerprint density at radius 3 is 1.81 bits per heavy atom. The monoisotopic (exact) mass is 469 g/mol. The molecule has 1 spiro atoms. The number of hydrogen-bond acceptors (Lipinski definition) is 5. The molecule has 32 heavy (non-hydrogen) atoms. The largest absolute Gasteiger partial charge is 0.472 e. The van der Waals surface area contributed by atoms with Crippen LogP contribution in [0.5, 0.6) is 0 Å². The van der Waals surface area contributed by atoms with E-state index in [0.717, 1.165) is 0 Å². The van der Waals surface area contributed by atoms with E-state index in [0.29, 0.717) is 4.24 Å². The molecule has 0 unspecified atom stereocenters. The molecule has 0 atom stereocenters. The summed E-state index contributed by atoms with van der Waals surface area (Å²) in [6.07, 6.45) is 4.12. The third-order valence-corrected chi connectivity index (χ3v) is 7.67. The molecule has 168 valence electrons. The Labute approximate surface area is 199 Å². The van der Waals surface area contributed by atoms with Gasteiger partial charge in [0, 0.05) is 12.1 Å². The minimum absolute atomic E-state index is 0.0870. The lowest BCUT2D eigenvalue weighted by Gasteiger charge is -2.27. The van der Waals surface area contributed by atoms with Gasteiger partial charge in [-0.1, -0.05) is 41.5 Å². The van der Waals surface area contributed by atoms with Gasteiger partial charge in [-0.05, 0) is 31.2 Å². The average Bonchev–Trinajstić information content (AvgIpc) is 3.14. The fraction of sp³-hybridized carbons (Fsp3) is 0.360. The van der Waals surface area contributed by atoms with Gasteiger partial charge in [-0.3, -0.25) is 0 Å². The van der Waals surface area contributed by atoms with Crippen molar-refractivity contribution in [2.75, 3.05) is 6.61 Å². The molecule has 1 fully saturated rings. The highest BCUT2D eigenvalue weighted by atomic mass is 32.3. The Bertz CT molecular complexity index is 1130. The SMILES string of the molecule is CC.CC.CC.CCOC(=O)C(C#N)=C1SC2(S1)[n+]1cccc3ccc4ccc[n+]2c4c31. The summed E-state index contributed by atoms with van der Waals surface area (Å²) in [6, 6.07) is 14.5. The summed E-state index contributed by atoms with van der Waals surface area (Å²) in [7, 11) is 0. The van der Waals surface area contributed by atoms with Gasteiger partial charge in [-0.15, -0.1) is 9.13 Å². The first-order valence-electron chi connectivity index (χ1n) is 11.2. The number of rotatable bonds is 2. The normalized spacial score (nSPS) is 13.6. The molecule has 7 heteroatoms. The number of thioether (sulfide) groups is 2. The number of fused-ring (bicyclic) bond motifs is 2. The van der Waals surface area contributed by atoms with Crippen LogP contribution in [0.3, 0.4) is 0 Å². The fourth-order valence-electron chi connectivity index (χ4n) is 3.51. The van der Waals surface area contributed by atoms with Crippen molar-refractivity contribution in [1.29, 1.82) is 5.26 Å². The Hall–Kier alpha value is -2.56. The fourth-order valence-corrected chi connectivity index (χ4v) is 6.42. The van der Waals surface area contributed by atoms with E-state index in [9.17, 15) is 10.1 Å². The molecule has 2 aromatic heterocycles. The summed E-state index contributed by atoms with van der Waals surface area (Å²) in [5, 5.41) is 11.8. The second-order valence-electron chi connectivity index (χ2n) is 5.94. The summed E-state index contributed by atoms with van der Waals surface area (Å²) in [5.74, 6) is -0.554. The standard InChI is InChI=1S/C19H13N3O2S2.3C2H6/c1-2-24-17(23)14(11-20)18-25-19(26-18)21-9-3-5-12-7-8-13-6-4-10-22(19)16(13)15(12)21;3*1-2/h3-10H,2H2,1H3;3*1-2H3/q+2;;;. The summed E-state index contributed by atoms with van der Waals surface area (Å²) in [4.78, 5) is 12.1. The third-order valence-electron chi connectivity index (χ3n) is 4.57. The molecule has 3 aromatic rings. The van der Waals surface area contributed by atoms with Gasteiger partial charge in [-0.2, -0.15) is 5.26 Å². The molecule has 1 aromatic carbocycles. The molecule has 0 saturated carbocycles. The third kappa shape index (κ3) is 3.98. The molecule has 1 saturated heterocycles. The van der Waals surface area contributed by atoms with E-state index in [2.05, 4.69) is 45.8 Å². The molecule has 0 aliphatic carbocycles. The predicted octanol–water partition coefficient (Wildman–Crippen LogP) is 5.85. The van der Waals surface area contributed by atoms with Crippen molar-refractivity contribution in [3.8, 4) is 6.07 Å². The van der Waals surface area contributed by atoms with E-state index in [1.54, 1.807) is 6.92 Å². The second kappa shape index (κ2) is 11.3. The molecule has 0 N–H and O–H groups in total. The molecule has 0 bridgehead atoms. The second-order valence-corrected chi connectivity index (χ2v) is 8.83. The number of ether oxygens (including phenoxy) is 1. The Balaban J connectivity index is 0.000000561. The summed E-state index contributed by atoms with van der Waals surface area (Å²) in [5.41, 5.74) is 2.42. The van der Waals surface area contributed by atoms with Crippen LogP contribution in [0, 0.1) is 11.3 Å². The maximum absolute atomic E-state index is 12.1. The van der Waals surface area contributed by atoms with Crippen LogP contribution in [0.1, 0.15) is 48.5 Å². The molecular formula is C25H31N3O2S2+2. The maximum atomic E-state index is 12.1. The van der Waals surface area contributed by atoms with E-state index in [4.69, 9.17) is 4.74 Å². The lowest BCUT2D eigenvalue weighted by Crippen LogP contribution is -2.68. The first-order chi connectivity index (χ1) is 15.7. The average molecular weight is 470 g/mol. The highest BCUT2D eigenvalue weighted by Gasteiger charge is 2.68. The lowest BCUT2D eigenvalue weighted by molar-refractivity contribution is -0.896. The highest BCUT2D eigenvalue weighted by Crippen LogP contribution is 2.61. The number of hydrogen-bond donors (Lipinski definition) is 0. The van der Waals surface area contributed by atoms with E-state index in [1.807, 2.05) is 59.7 Å². The van der Waals surface area contributed by atoms with Crippen LogP contribution < -0.4 is 9.13 Å². The van der Waals surface area contributed by atoms with Gasteiger partial charge in [0.2, 0.25) is 0 Å². The molecular weight excluding hydrogens is 438 g/mol. The quantitative estimate of drug-likeness (QED) is 0.155. The van der Waals surface area contributed by atoms with Crippen molar-refractivity contribution < 1.29 is 18.7 Å². The van der Waals surface area contributed by atoms with Crippen LogP contribution in [0.4, 0.5) is 0 Å². The van der Waals surface area contributed by atoms with Crippen LogP contribution in [0.25, 0.3) is 21.8 Å². The minimum atomic E-state index is -0.554. The molecule has 4 heterocycles. The van der Waals surface area contributed by atoms with Crippen molar-refractivity contribution >= 4 is 51.3 Å². The van der Waals surface area contributed by atoms with E-state index >= 15 is 0 Å². The molecule has 0 radical (unpaired) electrons. The minimum Gasteiger partial charge on any atom is -0.462 e. The van der Waals surface area contributed by atoms with Crippen LogP contribution in [-0.2, 0) is 13.9 Å². The summed E-state index contributed by atoms with van der Waals surface area (Å²) < 4.78 is 9.72. The zero-order chi connectivity index (χ0) is 23.9. The molecule has 5 nitrogen and oxygen atoms in total. The number of benzene rings is 1. The van der Waals surface area contributed by atoms with Crippen LogP contribution in [0.15, 0.2) is 58.6 Å². The van der Waals surface area contributed by atoms with Crippen LogP contribution in [0.2, 0.25) is 0 Å². The number of esters is 1. The number of nitriles is 1.